The van der Waals surface area contributed by atoms with Crippen molar-refractivity contribution in [2.45, 2.75) is 32.4 Å². The number of likely N-dealkylation sites (N-methyl/N-ethyl adjacent to an activating group) is 1. The average Bonchev–Trinajstić information content (AvgIpc) is 3.23. The van der Waals surface area contributed by atoms with Gasteiger partial charge in [-0.1, -0.05) is 97.1 Å². The molecule has 39 heavy (non-hydrogen) atoms. The van der Waals surface area contributed by atoms with Crippen LogP contribution >= 0.6 is 0 Å². The molecule has 0 bridgehead atoms. The van der Waals surface area contributed by atoms with E-state index in [9.17, 15) is 9.59 Å². The van der Waals surface area contributed by atoms with E-state index in [1.165, 1.54) is 5.56 Å². The van der Waals surface area contributed by atoms with Gasteiger partial charge in [-0.3, -0.25) is 9.59 Å². The molecule has 1 N–H and O–H groups in total. The summed E-state index contributed by atoms with van der Waals surface area (Å²) in [4.78, 5) is 28.8. The van der Waals surface area contributed by atoms with Crippen molar-refractivity contribution in [1.82, 2.24) is 9.88 Å². The molecule has 1 aromatic heterocycles. The Balaban J connectivity index is 1.41. The van der Waals surface area contributed by atoms with Crippen molar-refractivity contribution in [3.05, 3.63) is 138 Å². The molecule has 0 unspecified atom stereocenters. The maximum absolute atomic E-state index is 13.6. The molecule has 196 valence electrons. The third kappa shape index (κ3) is 5.93. The topological polar surface area (TPSA) is 54.3 Å². The van der Waals surface area contributed by atoms with Gasteiger partial charge in [-0.2, -0.15) is 0 Å². The largest absolute Gasteiger partial charge is 0.344 e. The predicted molar refractivity (Wildman–Crippen MR) is 158 cm³/mol. The maximum Gasteiger partial charge on any atom is 0.249 e. The Kier molecular flexibility index (Phi) is 7.88. The number of nitrogens with zero attached hydrogens (tertiary/aromatic N) is 2. The Morgan fingerprint density at radius 2 is 1.33 bits per heavy atom. The summed E-state index contributed by atoms with van der Waals surface area (Å²) in [6, 6.07) is 37.2. The number of aromatic nitrogens is 1. The van der Waals surface area contributed by atoms with Gasteiger partial charge < -0.3 is 14.8 Å². The molecule has 0 aliphatic heterocycles. The second-order valence-corrected chi connectivity index (χ2v) is 9.87. The lowest BCUT2D eigenvalue weighted by Crippen LogP contribution is -2.49. The van der Waals surface area contributed by atoms with E-state index in [1.807, 2.05) is 91.0 Å². The quantitative estimate of drug-likeness (QED) is 0.265. The van der Waals surface area contributed by atoms with E-state index < -0.39 is 6.04 Å². The van der Waals surface area contributed by atoms with Crippen LogP contribution in [0.4, 0.5) is 5.69 Å². The number of fused-ring (bicyclic) bond motifs is 1. The van der Waals surface area contributed by atoms with Gasteiger partial charge in [0.05, 0.1) is 6.42 Å². The van der Waals surface area contributed by atoms with E-state index in [0.29, 0.717) is 6.42 Å². The van der Waals surface area contributed by atoms with E-state index >= 15 is 0 Å². The standard InChI is InChI=1S/C34H33N3O2/c1-25-30(29-20-12-13-21-32(29)37(25)24-27-16-8-4-9-17-27)23-33(38)35-31(22-26-14-6-3-7-15-26)34(39)36(2)28-18-10-5-11-19-28/h3-21,31H,22-24H2,1-2H3,(H,35,38)/t31-/m0/s1. The van der Waals surface area contributed by atoms with Crippen LogP contribution in [0, 0.1) is 6.92 Å². The number of anilines is 1. The summed E-state index contributed by atoms with van der Waals surface area (Å²) in [5, 5.41) is 4.14. The van der Waals surface area contributed by atoms with Gasteiger partial charge in [-0.15, -0.1) is 0 Å². The highest BCUT2D eigenvalue weighted by molar-refractivity contribution is 5.99. The van der Waals surface area contributed by atoms with Crippen molar-refractivity contribution in [3.63, 3.8) is 0 Å². The lowest BCUT2D eigenvalue weighted by molar-refractivity contribution is -0.127. The fourth-order valence-corrected chi connectivity index (χ4v) is 5.16. The minimum absolute atomic E-state index is 0.151. The fraction of sp³-hybridized carbons (Fsp3) is 0.176. The molecule has 0 radical (unpaired) electrons. The molecule has 1 heterocycles. The number of carbonyl (C=O) groups is 2. The smallest absolute Gasteiger partial charge is 0.249 e. The molecule has 0 aliphatic rings. The molecule has 5 nitrogen and oxygen atoms in total. The number of amides is 2. The van der Waals surface area contributed by atoms with E-state index in [4.69, 9.17) is 0 Å². The molecule has 4 aromatic carbocycles. The first-order valence-corrected chi connectivity index (χ1v) is 13.3. The van der Waals surface area contributed by atoms with Crippen molar-refractivity contribution >= 4 is 28.4 Å². The molecule has 5 heteroatoms. The monoisotopic (exact) mass is 515 g/mol. The Labute approximate surface area is 229 Å². The van der Waals surface area contributed by atoms with Crippen molar-refractivity contribution in [3.8, 4) is 0 Å². The first kappa shape index (κ1) is 26.0. The highest BCUT2D eigenvalue weighted by atomic mass is 16.2. The van der Waals surface area contributed by atoms with E-state index in [2.05, 4.69) is 41.1 Å². The van der Waals surface area contributed by atoms with Crippen LogP contribution in [0.1, 0.15) is 22.4 Å². The predicted octanol–water partition coefficient (Wildman–Crippen LogP) is 5.93. The van der Waals surface area contributed by atoms with Gasteiger partial charge in [0.1, 0.15) is 6.04 Å². The van der Waals surface area contributed by atoms with Crippen LogP contribution in [0.25, 0.3) is 10.9 Å². The van der Waals surface area contributed by atoms with Gasteiger partial charge in [0.15, 0.2) is 0 Å². The summed E-state index contributed by atoms with van der Waals surface area (Å²) in [7, 11) is 1.75. The number of rotatable bonds is 9. The SMILES string of the molecule is Cc1c(CC(=O)N[C@@H](Cc2ccccc2)C(=O)N(C)c2ccccc2)c2ccccc2n1Cc1ccccc1. The highest BCUT2D eigenvalue weighted by Gasteiger charge is 2.26. The molecule has 0 fully saturated rings. The molecular weight excluding hydrogens is 482 g/mol. The summed E-state index contributed by atoms with van der Waals surface area (Å²) >= 11 is 0. The van der Waals surface area contributed by atoms with Crippen molar-refractivity contribution in [1.29, 1.82) is 0 Å². The second kappa shape index (κ2) is 11.8. The molecular formula is C34H33N3O2. The summed E-state index contributed by atoms with van der Waals surface area (Å²) in [6.07, 6.45) is 0.610. The van der Waals surface area contributed by atoms with E-state index in [0.717, 1.165) is 40.0 Å². The molecule has 0 saturated carbocycles. The van der Waals surface area contributed by atoms with Crippen LogP contribution in [0.5, 0.6) is 0 Å². The molecule has 5 aromatic rings. The van der Waals surface area contributed by atoms with Gasteiger partial charge in [-0.05, 0) is 41.8 Å². The molecule has 0 aliphatic carbocycles. The van der Waals surface area contributed by atoms with Crippen molar-refractivity contribution in [2.24, 2.45) is 0 Å². The lowest BCUT2D eigenvalue weighted by Gasteiger charge is -2.25. The second-order valence-electron chi connectivity index (χ2n) is 9.87. The molecule has 0 spiro atoms. The van der Waals surface area contributed by atoms with E-state index in [-0.39, 0.29) is 18.2 Å². The third-order valence-corrected chi connectivity index (χ3v) is 7.27. The van der Waals surface area contributed by atoms with Gasteiger partial charge in [0.2, 0.25) is 11.8 Å². The maximum atomic E-state index is 13.6. The average molecular weight is 516 g/mol. The Morgan fingerprint density at radius 1 is 0.769 bits per heavy atom. The first-order chi connectivity index (χ1) is 19.0. The number of carbonyl (C=O) groups excluding carboxylic acids is 2. The van der Waals surface area contributed by atoms with Crippen LogP contribution in [0.3, 0.4) is 0 Å². The van der Waals surface area contributed by atoms with Crippen LogP contribution in [0.2, 0.25) is 0 Å². The van der Waals surface area contributed by atoms with Crippen LogP contribution in [-0.2, 0) is 29.0 Å². The highest BCUT2D eigenvalue weighted by Crippen LogP contribution is 2.27. The molecule has 5 rings (SSSR count). The summed E-state index contributed by atoms with van der Waals surface area (Å²) in [5.41, 5.74) is 6.13. The molecule has 0 saturated heterocycles. The van der Waals surface area contributed by atoms with Gasteiger partial charge in [0, 0.05) is 42.3 Å². The Hall–Kier alpha value is -4.64. The normalized spacial score (nSPS) is 11.7. The van der Waals surface area contributed by atoms with E-state index in [1.54, 1.807) is 11.9 Å². The number of para-hydroxylation sites is 2. The van der Waals surface area contributed by atoms with Gasteiger partial charge in [-0.25, -0.2) is 0 Å². The Bertz CT molecular complexity index is 1560. The van der Waals surface area contributed by atoms with Crippen LogP contribution in [0.15, 0.2) is 115 Å². The number of benzene rings is 4. The molecule has 2 amide bonds. The fourth-order valence-electron chi connectivity index (χ4n) is 5.16. The summed E-state index contributed by atoms with van der Waals surface area (Å²) in [5.74, 6) is -0.321. The van der Waals surface area contributed by atoms with Crippen LogP contribution < -0.4 is 10.2 Å². The van der Waals surface area contributed by atoms with Crippen molar-refractivity contribution in [2.75, 3.05) is 11.9 Å². The summed E-state index contributed by atoms with van der Waals surface area (Å²) < 4.78 is 2.27. The first-order valence-electron chi connectivity index (χ1n) is 13.3. The van der Waals surface area contributed by atoms with Gasteiger partial charge >= 0.3 is 0 Å². The van der Waals surface area contributed by atoms with Gasteiger partial charge in [0.25, 0.3) is 0 Å². The van der Waals surface area contributed by atoms with Crippen LogP contribution in [-0.4, -0.2) is 29.5 Å². The number of hydrogen-bond acceptors (Lipinski definition) is 2. The number of hydrogen-bond donors (Lipinski definition) is 1. The third-order valence-electron chi connectivity index (χ3n) is 7.27. The zero-order chi connectivity index (χ0) is 27.2. The molecule has 1 atom stereocenters. The lowest BCUT2D eigenvalue weighted by atomic mass is 10.0. The van der Waals surface area contributed by atoms with Crippen molar-refractivity contribution < 1.29 is 9.59 Å². The minimum atomic E-state index is -0.692. The summed E-state index contributed by atoms with van der Waals surface area (Å²) in [6.45, 7) is 2.80. The Morgan fingerprint density at radius 3 is 2.00 bits per heavy atom. The number of nitrogens with one attached hydrogen (secondary N) is 1. The zero-order valence-corrected chi connectivity index (χ0v) is 22.4. The zero-order valence-electron chi connectivity index (χ0n) is 22.4. The minimum Gasteiger partial charge on any atom is -0.344 e.